The zero-order valence-corrected chi connectivity index (χ0v) is 13.4. The second-order valence-corrected chi connectivity index (χ2v) is 6.19. The molecule has 0 N–H and O–H groups in total. The normalized spacial score (nSPS) is 17.0. The first-order valence-corrected chi connectivity index (χ1v) is 8.66. The number of rotatable bonds is 9. The molecule has 1 atom stereocenters. The number of carbonyl (C=O) groups excluding carboxylic acids is 1. The van der Waals surface area contributed by atoms with Gasteiger partial charge in [-0.1, -0.05) is 69.4 Å². The van der Waals surface area contributed by atoms with Gasteiger partial charge in [0.1, 0.15) is 0 Å². The van der Waals surface area contributed by atoms with Crippen molar-refractivity contribution in [2.45, 2.75) is 64.3 Å². The van der Waals surface area contributed by atoms with Crippen LogP contribution in [0.3, 0.4) is 0 Å². The molecule has 0 unspecified atom stereocenters. The van der Waals surface area contributed by atoms with Crippen LogP contribution in [0.4, 0.5) is 0 Å². The molecule has 2 rings (SSSR count). The lowest BCUT2D eigenvalue weighted by Gasteiger charge is -2.26. The third-order valence-electron chi connectivity index (χ3n) is 4.52. The first kappa shape index (κ1) is 16.2. The van der Waals surface area contributed by atoms with E-state index in [2.05, 4.69) is 11.8 Å². The lowest BCUT2D eigenvalue weighted by molar-refractivity contribution is 0.0834. The monoisotopic (exact) mass is 287 g/mol. The zero-order valence-electron chi connectivity index (χ0n) is 13.4. The van der Waals surface area contributed by atoms with Gasteiger partial charge in [-0.15, -0.1) is 0 Å². The number of ketones is 1. The van der Waals surface area contributed by atoms with Crippen LogP contribution in [0.2, 0.25) is 0 Å². The SMILES string of the molecule is CCCCCCC[C@H](C(=O)c1ccccc1)N1CCCC1. The van der Waals surface area contributed by atoms with E-state index < -0.39 is 0 Å². The largest absolute Gasteiger partial charge is 0.293 e. The first-order valence-electron chi connectivity index (χ1n) is 8.66. The number of benzene rings is 1. The van der Waals surface area contributed by atoms with Crippen LogP contribution in [0.5, 0.6) is 0 Å². The van der Waals surface area contributed by atoms with Gasteiger partial charge >= 0.3 is 0 Å². The van der Waals surface area contributed by atoms with Crippen LogP contribution in [-0.2, 0) is 0 Å². The average molecular weight is 287 g/mol. The molecule has 1 aromatic carbocycles. The van der Waals surface area contributed by atoms with Crippen LogP contribution in [0.1, 0.15) is 68.6 Å². The molecule has 0 aliphatic carbocycles. The summed E-state index contributed by atoms with van der Waals surface area (Å²) in [6.45, 7) is 4.43. The van der Waals surface area contributed by atoms with Crippen LogP contribution >= 0.6 is 0 Å². The molecule has 1 heterocycles. The number of carbonyl (C=O) groups is 1. The second kappa shape index (κ2) is 8.99. The molecule has 0 radical (unpaired) electrons. The molecule has 1 aromatic rings. The Kier molecular flexibility index (Phi) is 6.94. The van der Waals surface area contributed by atoms with Gasteiger partial charge in [-0.05, 0) is 32.4 Å². The molecule has 2 nitrogen and oxygen atoms in total. The van der Waals surface area contributed by atoms with Crippen LogP contribution in [-0.4, -0.2) is 29.8 Å². The van der Waals surface area contributed by atoms with E-state index in [9.17, 15) is 4.79 Å². The minimum atomic E-state index is 0.108. The fourth-order valence-corrected chi connectivity index (χ4v) is 3.27. The summed E-state index contributed by atoms with van der Waals surface area (Å²) in [6, 6.07) is 9.94. The molecule has 21 heavy (non-hydrogen) atoms. The first-order chi connectivity index (χ1) is 10.3. The van der Waals surface area contributed by atoms with E-state index >= 15 is 0 Å². The van der Waals surface area contributed by atoms with Crippen molar-refractivity contribution in [3.05, 3.63) is 35.9 Å². The lowest BCUT2D eigenvalue weighted by Crippen LogP contribution is -2.39. The summed E-state index contributed by atoms with van der Waals surface area (Å²) in [7, 11) is 0. The van der Waals surface area contributed by atoms with Gasteiger partial charge in [-0.25, -0.2) is 0 Å². The summed E-state index contributed by atoms with van der Waals surface area (Å²) < 4.78 is 0. The van der Waals surface area contributed by atoms with Crippen molar-refractivity contribution in [2.24, 2.45) is 0 Å². The molecule has 1 fully saturated rings. The average Bonchev–Trinajstić information content (AvgIpc) is 3.05. The summed E-state index contributed by atoms with van der Waals surface area (Å²) in [5.74, 6) is 0.327. The van der Waals surface area contributed by atoms with E-state index in [1.807, 2.05) is 30.3 Å². The van der Waals surface area contributed by atoms with Crippen molar-refractivity contribution < 1.29 is 4.79 Å². The smallest absolute Gasteiger partial charge is 0.179 e. The van der Waals surface area contributed by atoms with Gasteiger partial charge in [0.2, 0.25) is 0 Å². The molecule has 1 aliphatic rings. The van der Waals surface area contributed by atoms with Gasteiger partial charge in [0, 0.05) is 5.56 Å². The highest BCUT2D eigenvalue weighted by molar-refractivity contribution is 6.00. The summed E-state index contributed by atoms with van der Waals surface area (Å²) in [6.07, 6.45) is 9.86. The Morgan fingerprint density at radius 2 is 1.71 bits per heavy atom. The Bertz CT molecular complexity index is 409. The number of hydrogen-bond acceptors (Lipinski definition) is 2. The topological polar surface area (TPSA) is 20.3 Å². The van der Waals surface area contributed by atoms with E-state index in [0.717, 1.165) is 25.1 Å². The standard InChI is InChI=1S/C19H29NO/c1-2-3-4-5-9-14-18(20-15-10-11-16-20)19(21)17-12-7-6-8-13-17/h6-8,12-13,18H,2-5,9-11,14-16H2,1H3/t18-/m1/s1. The second-order valence-electron chi connectivity index (χ2n) is 6.19. The van der Waals surface area contributed by atoms with Gasteiger partial charge in [0.15, 0.2) is 5.78 Å². The molecule has 0 spiro atoms. The summed E-state index contributed by atoms with van der Waals surface area (Å²) in [5, 5.41) is 0. The zero-order chi connectivity index (χ0) is 14.9. The minimum Gasteiger partial charge on any atom is -0.293 e. The fourth-order valence-electron chi connectivity index (χ4n) is 3.27. The maximum absolute atomic E-state index is 12.8. The highest BCUT2D eigenvalue weighted by atomic mass is 16.1. The van der Waals surface area contributed by atoms with Gasteiger partial charge in [0.05, 0.1) is 6.04 Å². The Labute approximate surface area is 129 Å². The quantitative estimate of drug-likeness (QED) is 0.485. The molecular formula is C19H29NO. The highest BCUT2D eigenvalue weighted by Gasteiger charge is 2.28. The molecular weight excluding hydrogens is 258 g/mol. The van der Waals surface area contributed by atoms with Crippen molar-refractivity contribution in [1.82, 2.24) is 4.90 Å². The molecule has 0 amide bonds. The maximum atomic E-state index is 12.8. The van der Waals surface area contributed by atoms with Crippen molar-refractivity contribution >= 4 is 5.78 Å². The number of nitrogens with zero attached hydrogens (tertiary/aromatic N) is 1. The molecule has 0 bridgehead atoms. The van der Waals surface area contributed by atoms with Crippen molar-refractivity contribution in [2.75, 3.05) is 13.1 Å². The van der Waals surface area contributed by atoms with Crippen molar-refractivity contribution in [3.8, 4) is 0 Å². The molecule has 116 valence electrons. The third-order valence-corrected chi connectivity index (χ3v) is 4.52. The van der Waals surface area contributed by atoms with Gasteiger partial charge in [0.25, 0.3) is 0 Å². The van der Waals surface area contributed by atoms with Crippen LogP contribution in [0.15, 0.2) is 30.3 Å². The van der Waals surface area contributed by atoms with Gasteiger partial charge in [-0.2, -0.15) is 0 Å². The number of Topliss-reactive ketones (excluding diaryl/α,β-unsaturated/α-hetero) is 1. The Balaban J connectivity index is 1.93. The minimum absolute atomic E-state index is 0.108. The Hall–Kier alpha value is -1.15. The molecule has 1 aliphatic heterocycles. The highest BCUT2D eigenvalue weighted by Crippen LogP contribution is 2.21. The van der Waals surface area contributed by atoms with E-state index in [1.165, 1.54) is 44.9 Å². The predicted molar refractivity (Wildman–Crippen MR) is 88.7 cm³/mol. The Morgan fingerprint density at radius 3 is 2.38 bits per heavy atom. The van der Waals surface area contributed by atoms with E-state index in [1.54, 1.807) is 0 Å². The van der Waals surface area contributed by atoms with Gasteiger partial charge in [-0.3, -0.25) is 9.69 Å². The van der Waals surface area contributed by atoms with Crippen molar-refractivity contribution in [1.29, 1.82) is 0 Å². The predicted octanol–water partition coefficient (Wildman–Crippen LogP) is 4.69. The fraction of sp³-hybridized carbons (Fsp3) is 0.632. The summed E-state index contributed by atoms with van der Waals surface area (Å²) in [4.78, 5) is 15.2. The summed E-state index contributed by atoms with van der Waals surface area (Å²) >= 11 is 0. The maximum Gasteiger partial charge on any atom is 0.179 e. The number of unbranched alkanes of at least 4 members (excludes halogenated alkanes) is 4. The molecule has 2 heteroatoms. The van der Waals surface area contributed by atoms with Crippen LogP contribution < -0.4 is 0 Å². The third kappa shape index (κ3) is 4.96. The van der Waals surface area contributed by atoms with Gasteiger partial charge < -0.3 is 0 Å². The molecule has 0 aromatic heterocycles. The van der Waals surface area contributed by atoms with Crippen molar-refractivity contribution in [3.63, 3.8) is 0 Å². The number of hydrogen-bond donors (Lipinski definition) is 0. The molecule has 0 saturated carbocycles. The van der Waals surface area contributed by atoms with Crippen LogP contribution in [0.25, 0.3) is 0 Å². The van der Waals surface area contributed by atoms with E-state index in [-0.39, 0.29) is 6.04 Å². The Morgan fingerprint density at radius 1 is 1.05 bits per heavy atom. The molecule has 1 saturated heterocycles. The van der Waals surface area contributed by atoms with Crippen LogP contribution in [0, 0.1) is 0 Å². The lowest BCUT2D eigenvalue weighted by atomic mass is 9.97. The number of likely N-dealkylation sites (tertiary alicyclic amines) is 1. The van der Waals surface area contributed by atoms with E-state index in [0.29, 0.717) is 5.78 Å². The van der Waals surface area contributed by atoms with E-state index in [4.69, 9.17) is 0 Å². The summed E-state index contributed by atoms with van der Waals surface area (Å²) in [5.41, 5.74) is 0.878.